The molecule has 0 saturated heterocycles. The van der Waals surface area contributed by atoms with Crippen LogP contribution in [0.15, 0.2) is 40.9 Å². The summed E-state index contributed by atoms with van der Waals surface area (Å²) in [4.78, 5) is 14.2. The van der Waals surface area contributed by atoms with Gasteiger partial charge in [-0.3, -0.25) is 9.69 Å². The van der Waals surface area contributed by atoms with E-state index in [2.05, 4.69) is 27.3 Å². The molecular weight excluding hydrogens is 368 g/mol. The van der Waals surface area contributed by atoms with E-state index in [0.717, 1.165) is 27.0 Å². The van der Waals surface area contributed by atoms with Crippen molar-refractivity contribution in [1.82, 2.24) is 4.90 Å². The molecule has 1 N–H and O–H groups in total. The van der Waals surface area contributed by atoms with Crippen LogP contribution in [0.2, 0.25) is 0 Å². The minimum atomic E-state index is -0.0292. The summed E-state index contributed by atoms with van der Waals surface area (Å²) >= 11 is 3.47. The first kappa shape index (κ1) is 18.5. The third-order valence-corrected chi connectivity index (χ3v) is 4.25. The molecule has 0 bridgehead atoms. The zero-order valence-electron chi connectivity index (χ0n) is 14.5. The van der Waals surface area contributed by atoms with Crippen LogP contribution in [-0.4, -0.2) is 31.5 Å². The largest absolute Gasteiger partial charge is 0.496 e. The lowest BCUT2D eigenvalue weighted by atomic mass is 10.1. The number of ether oxygens (including phenoxy) is 1. The van der Waals surface area contributed by atoms with E-state index in [4.69, 9.17) is 4.74 Å². The summed E-state index contributed by atoms with van der Waals surface area (Å²) in [6, 6.07) is 11.9. The number of carbonyl (C=O) groups is 1. The molecule has 0 heterocycles. The van der Waals surface area contributed by atoms with Crippen LogP contribution in [0.1, 0.15) is 16.7 Å². The Bertz CT molecular complexity index is 731. The number of aryl methyl sites for hydroxylation is 2. The average molecular weight is 391 g/mol. The molecule has 0 fully saturated rings. The van der Waals surface area contributed by atoms with Crippen molar-refractivity contribution < 1.29 is 9.53 Å². The predicted molar refractivity (Wildman–Crippen MR) is 102 cm³/mol. The summed E-state index contributed by atoms with van der Waals surface area (Å²) in [6.45, 7) is 4.97. The van der Waals surface area contributed by atoms with Crippen LogP contribution >= 0.6 is 15.9 Å². The Morgan fingerprint density at radius 2 is 1.96 bits per heavy atom. The van der Waals surface area contributed by atoms with Gasteiger partial charge >= 0.3 is 0 Å². The van der Waals surface area contributed by atoms with Crippen LogP contribution in [0.3, 0.4) is 0 Å². The molecule has 0 aliphatic carbocycles. The van der Waals surface area contributed by atoms with Crippen LogP contribution in [0.4, 0.5) is 5.69 Å². The summed E-state index contributed by atoms with van der Waals surface area (Å²) in [5.74, 6) is 0.790. The Kier molecular flexibility index (Phi) is 6.40. The normalized spacial score (nSPS) is 10.8. The van der Waals surface area contributed by atoms with Crippen LogP contribution in [-0.2, 0) is 11.3 Å². The number of hydrogen-bond donors (Lipinski definition) is 1. The van der Waals surface area contributed by atoms with Gasteiger partial charge in [-0.1, -0.05) is 33.6 Å². The van der Waals surface area contributed by atoms with E-state index in [1.54, 1.807) is 7.11 Å². The van der Waals surface area contributed by atoms with E-state index in [0.29, 0.717) is 13.1 Å². The van der Waals surface area contributed by atoms with Crippen molar-refractivity contribution in [2.45, 2.75) is 20.4 Å². The fraction of sp³-hybridized carbons (Fsp3) is 0.316. The molecule has 2 aromatic carbocycles. The predicted octanol–water partition coefficient (Wildman–Crippen LogP) is 4.15. The number of carbonyl (C=O) groups excluding carboxylic acids is 1. The molecule has 4 nitrogen and oxygen atoms in total. The molecule has 0 aliphatic rings. The lowest BCUT2D eigenvalue weighted by Crippen LogP contribution is -2.30. The van der Waals surface area contributed by atoms with Crippen LogP contribution in [0.25, 0.3) is 0 Å². The molecule has 2 rings (SSSR count). The van der Waals surface area contributed by atoms with Gasteiger partial charge < -0.3 is 10.1 Å². The third kappa shape index (κ3) is 5.08. The molecule has 0 saturated carbocycles. The van der Waals surface area contributed by atoms with Gasteiger partial charge in [0.2, 0.25) is 5.91 Å². The standard InChI is InChI=1S/C19H23BrN2O2/c1-13-5-7-17(14(2)9-13)21-19(23)12-22(3)11-15-10-16(20)6-8-18(15)24-4/h5-10H,11-12H2,1-4H3,(H,21,23). The Morgan fingerprint density at radius 3 is 2.62 bits per heavy atom. The second kappa shape index (κ2) is 8.31. The van der Waals surface area contributed by atoms with E-state index >= 15 is 0 Å². The molecule has 24 heavy (non-hydrogen) atoms. The Morgan fingerprint density at radius 1 is 1.21 bits per heavy atom. The number of likely N-dealkylation sites (N-methyl/N-ethyl adjacent to an activating group) is 1. The van der Waals surface area contributed by atoms with E-state index in [-0.39, 0.29) is 5.91 Å². The SMILES string of the molecule is COc1ccc(Br)cc1CN(C)CC(=O)Nc1ccc(C)cc1C. The van der Waals surface area contributed by atoms with E-state index < -0.39 is 0 Å². The molecule has 0 spiro atoms. The topological polar surface area (TPSA) is 41.6 Å². The van der Waals surface area contributed by atoms with Crippen molar-refractivity contribution in [3.63, 3.8) is 0 Å². The Balaban J connectivity index is 1.98. The average Bonchev–Trinajstić information content (AvgIpc) is 2.50. The summed E-state index contributed by atoms with van der Waals surface area (Å²) in [5, 5.41) is 2.97. The first-order valence-corrected chi connectivity index (χ1v) is 8.56. The van der Waals surface area contributed by atoms with Crippen LogP contribution in [0, 0.1) is 13.8 Å². The first-order chi connectivity index (χ1) is 11.4. The molecule has 0 unspecified atom stereocenters. The number of halogens is 1. The van der Waals surface area contributed by atoms with Crippen molar-refractivity contribution in [3.05, 3.63) is 57.6 Å². The van der Waals surface area contributed by atoms with Gasteiger partial charge in [0, 0.05) is 22.3 Å². The van der Waals surface area contributed by atoms with Crippen molar-refractivity contribution in [2.75, 3.05) is 26.0 Å². The Hall–Kier alpha value is -1.85. The number of rotatable bonds is 6. The number of anilines is 1. The summed E-state index contributed by atoms with van der Waals surface area (Å²) in [5.41, 5.74) is 4.15. The van der Waals surface area contributed by atoms with Gasteiger partial charge in [0.1, 0.15) is 5.75 Å². The van der Waals surface area contributed by atoms with Crippen LogP contribution in [0.5, 0.6) is 5.75 Å². The number of hydrogen-bond acceptors (Lipinski definition) is 3. The second-order valence-electron chi connectivity index (χ2n) is 6.00. The smallest absolute Gasteiger partial charge is 0.238 e. The number of benzene rings is 2. The molecule has 128 valence electrons. The fourth-order valence-corrected chi connectivity index (χ4v) is 3.01. The highest BCUT2D eigenvalue weighted by Gasteiger charge is 2.11. The van der Waals surface area contributed by atoms with Gasteiger partial charge in [-0.05, 0) is 50.7 Å². The summed E-state index contributed by atoms with van der Waals surface area (Å²) in [6.07, 6.45) is 0. The Labute approximate surface area is 151 Å². The lowest BCUT2D eigenvalue weighted by Gasteiger charge is -2.19. The molecule has 5 heteroatoms. The highest BCUT2D eigenvalue weighted by atomic mass is 79.9. The van der Waals surface area contributed by atoms with Gasteiger partial charge in [0.25, 0.3) is 0 Å². The van der Waals surface area contributed by atoms with E-state index in [1.807, 2.05) is 56.1 Å². The van der Waals surface area contributed by atoms with E-state index in [1.165, 1.54) is 5.56 Å². The highest BCUT2D eigenvalue weighted by molar-refractivity contribution is 9.10. The van der Waals surface area contributed by atoms with Crippen molar-refractivity contribution in [3.8, 4) is 5.75 Å². The molecule has 2 aromatic rings. The fourth-order valence-electron chi connectivity index (χ4n) is 2.61. The van der Waals surface area contributed by atoms with Crippen molar-refractivity contribution in [2.24, 2.45) is 0 Å². The van der Waals surface area contributed by atoms with E-state index in [9.17, 15) is 4.79 Å². The molecule has 0 atom stereocenters. The molecule has 0 aliphatic heterocycles. The molecule has 1 amide bonds. The summed E-state index contributed by atoms with van der Waals surface area (Å²) < 4.78 is 6.37. The second-order valence-corrected chi connectivity index (χ2v) is 6.91. The van der Waals surface area contributed by atoms with Crippen LogP contribution < -0.4 is 10.1 Å². The van der Waals surface area contributed by atoms with Gasteiger partial charge in [-0.15, -0.1) is 0 Å². The zero-order chi connectivity index (χ0) is 17.7. The molecular formula is C19H23BrN2O2. The quantitative estimate of drug-likeness (QED) is 0.805. The maximum absolute atomic E-state index is 12.3. The third-order valence-electron chi connectivity index (χ3n) is 3.75. The monoisotopic (exact) mass is 390 g/mol. The summed E-state index contributed by atoms with van der Waals surface area (Å²) in [7, 11) is 3.57. The zero-order valence-corrected chi connectivity index (χ0v) is 16.1. The van der Waals surface area contributed by atoms with Gasteiger partial charge in [-0.25, -0.2) is 0 Å². The minimum absolute atomic E-state index is 0.0292. The number of nitrogens with zero attached hydrogens (tertiary/aromatic N) is 1. The molecule has 0 radical (unpaired) electrons. The van der Waals surface area contributed by atoms with Gasteiger partial charge in [0.05, 0.1) is 13.7 Å². The minimum Gasteiger partial charge on any atom is -0.496 e. The maximum atomic E-state index is 12.3. The van der Waals surface area contributed by atoms with Crippen molar-refractivity contribution >= 4 is 27.5 Å². The number of nitrogens with one attached hydrogen (secondary N) is 1. The lowest BCUT2D eigenvalue weighted by molar-refractivity contribution is -0.117. The van der Waals surface area contributed by atoms with Crippen molar-refractivity contribution in [1.29, 1.82) is 0 Å². The molecule has 0 aromatic heterocycles. The first-order valence-electron chi connectivity index (χ1n) is 7.77. The van der Waals surface area contributed by atoms with Gasteiger partial charge in [0.15, 0.2) is 0 Å². The highest BCUT2D eigenvalue weighted by Crippen LogP contribution is 2.24. The van der Waals surface area contributed by atoms with Gasteiger partial charge in [-0.2, -0.15) is 0 Å². The number of amides is 1. The number of methoxy groups -OCH3 is 1. The maximum Gasteiger partial charge on any atom is 0.238 e.